The number of aromatic nitrogens is 2. The lowest BCUT2D eigenvalue weighted by Gasteiger charge is -2.34. The van der Waals surface area contributed by atoms with Crippen LogP contribution in [0.1, 0.15) is 11.3 Å². The van der Waals surface area contributed by atoms with Gasteiger partial charge >= 0.3 is 12.1 Å². The standard InChI is InChI=1S/C24H25F3N6O3S/c1-16-3-5-18(6-4-16)29-21-15-17(2)28-23(31-21)32-11-13-33(14-12-32)37(35,36)20-9-7-19(8-10-20)30-22(34)24(25,26)27/h3-10,15H,11-14H2,1-2H3,(H,30,34)(H,28,29,31). The first kappa shape index (κ1) is 26.4. The molecule has 9 nitrogen and oxygen atoms in total. The highest BCUT2D eigenvalue weighted by Crippen LogP contribution is 2.24. The highest BCUT2D eigenvalue weighted by Gasteiger charge is 2.38. The number of anilines is 4. The largest absolute Gasteiger partial charge is 0.471 e. The Morgan fingerprint density at radius 1 is 0.892 bits per heavy atom. The van der Waals surface area contributed by atoms with E-state index in [2.05, 4.69) is 15.3 Å². The first-order chi connectivity index (χ1) is 17.4. The first-order valence-electron chi connectivity index (χ1n) is 11.3. The number of rotatable bonds is 6. The lowest BCUT2D eigenvalue weighted by molar-refractivity contribution is -0.167. The molecular weight excluding hydrogens is 509 g/mol. The van der Waals surface area contributed by atoms with Crippen molar-refractivity contribution in [1.29, 1.82) is 0 Å². The van der Waals surface area contributed by atoms with Crippen LogP contribution in [-0.4, -0.2) is 61.0 Å². The summed E-state index contributed by atoms with van der Waals surface area (Å²) in [6.07, 6.45) is -5.04. The minimum absolute atomic E-state index is 0.0812. The molecule has 2 N–H and O–H groups in total. The van der Waals surface area contributed by atoms with Crippen molar-refractivity contribution in [2.24, 2.45) is 0 Å². The normalized spacial score (nSPS) is 14.9. The van der Waals surface area contributed by atoms with Gasteiger partial charge in [0.2, 0.25) is 16.0 Å². The van der Waals surface area contributed by atoms with Crippen LogP contribution in [0.5, 0.6) is 0 Å². The minimum Gasteiger partial charge on any atom is -0.340 e. The summed E-state index contributed by atoms with van der Waals surface area (Å²) < 4.78 is 64.7. The Bertz CT molecular complexity index is 1370. The van der Waals surface area contributed by atoms with E-state index >= 15 is 0 Å². The second-order valence-electron chi connectivity index (χ2n) is 8.55. The zero-order chi connectivity index (χ0) is 26.8. The molecule has 0 radical (unpaired) electrons. The molecule has 3 aromatic rings. The first-order valence-corrected chi connectivity index (χ1v) is 12.8. The van der Waals surface area contributed by atoms with Crippen molar-refractivity contribution < 1.29 is 26.4 Å². The number of nitrogens with zero attached hydrogens (tertiary/aromatic N) is 4. The summed E-state index contributed by atoms with van der Waals surface area (Å²) in [5, 5.41) is 4.95. The Hall–Kier alpha value is -3.71. The van der Waals surface area contributed by atoms with Crippen molar-refractivity contribution in [2.75, 3.05) is 41.7 Å². The predicted octanol–water partition coefficient (Wildman–Crippen LogP) is 3.85. The summed E-state index contributed by atoms with van der Waals surface area (Å²) in [4.78, 5) is 22.0. The van der Waals surface area contributed by atoms with E-state index in [1.54, 1.807) is 5.32 Å². The third kappa shape index (κ3) is 6.35. The number of amides is 1. The fourth-order valence-electron chi connectivity index (χ4n) is 3.73. The fourth-order valence-corrected chi connectivity index (χ4v) is 5.16. The topological polar surface area (TPSA) is 108 Å². The van der Waals surface area contributed by atoms with Gasteiger partial charge in [-0.05, 0) is 50.2 Å². The molecule has 0 atom stereocenters. The third-order valence-corrected chi connectivity index (χ3v) is 7.61. The van der Waals surface area contributed by atoms with Crippen LogP contribution in [0, 0.1) is 13.8 Å². The van der Waals surface area contributed by atoms with E-state index in [4.69, 9.17) is 0 Å². The van der Waals surface area contributed by atoms with Gasteiger partial charge in [-0.1, -0.05) is 17.7 Å². The highest BCUT2D eigenvalue weighted by molar-refractivity contribution is 7.89. The molecule has 0 bridgehead atoms. The van der Waals surface area contributed by atoms with Crippen molar-refractivity contribution >= 4 is 39.1 Å². The predicted molar refractivity (Wildman–Crippen MR) is 133 cm³/mol. The summed E-state index contributed by atoms with van der Waals surface area (Å²) in [7, 11) is -3.88. The van der Waals surface area contributed by atoms with Gasteiger partial charge in [0.25, 0.3) is 0 Å². The number of hydrogen-bond acceptors (Lipinski definition) is 7. The summed E-state index contributed by atoms with van der Waals surface area (Å²) in [5.74, 6) is -1.02. The zero-order valence-electron chi connectivity index (χ0n) is 20.1. The van der Waals surface area contributed by atoms with E-state index in [1.807, 2.05) is 49.1 Å². The maximum absolute atomic E-state index is 13.1. The Kier molecular flexibility index (Phi) is 7.37. The Balaban J connectivity index is 1.41. The number of carbonyl (C=O) groups excluding carboxylic acids is 1. The van der Waals surface area contributed by atoms with Crippen LogP contribution in [0.2, 0.25) is 0 Å². The molecule has 1 amide bonds. The smallest absolute Gasteiger partial charge is 0.340 e. The summed E-state index contributed by atoms with van der Waals surface area (Å²) in [5.41, 5.74) is 2.63. The minimum atomic E-state index is -5.04. The van der Waals surface area contributed by atoms with Crippen molar-refractivity contribution in [3.8, 4) is 0 Å². The van der Waals surface area contributed by atoms with Crippen LogP contribution >= 0.6 is 0 Å². The van der Waals surface area contributed by atoms with E-state index < -0.39 is 22.1 Å². The molecule has 1 aromatic heterocycles. The number of alkyl halides is 3. The molecule has 196 valence electrons. The Labute approximate surface area is 212 Å². The van der Waals surface area contributed by atoms with Crippen LogP contribution in [0.4, 0.5) is 36.3 Å². The van der Waals surface area contributed by atoms with Crippen LogP contribution in [0.3, 0.4) is 0 Å². The second kappa shape index (κ2) is 10.3. The van der Waals surface area contributed by atoms with Crippen LogP contribution in [0.15, 0.2) is 59.5 Å². The average molecular weight is 535 g/mol. The number of aryl methyl sites for hydroxylation is 2. The van der Waals surface area contributed by atoms with E-state index in [1.165, 1.54) is 16.4 Å². The molecule has 1 aliphatic heterocycles. The molecule has 0 unspecified atom stereocenters. The molecule has 4 rings (SSSR count). The summed E-state index contributed by atoms with van der Waals surface area (Å²) in [6.45, 7) is 4.91. The highest BCUT2D eigenvalue weighted by atomic mass is 32.2. The lowest BCUT2D eigenvalue weighted by atomic mass is 10.2. The molecule has 0 saturated carbocycles. The van der Waals surface area contributed by atoms with Crippen LogP contribution in [0.25, 0.3) is 0 Å². The van der Waals surface area contributed by atoms with E-state index in [0.717, 1.165) is 29.1 Å². The number of nitrogens with one attached hydrogen (secondary N) is 2. The van der Waals surface area contributed by atoms with E-state index in [9.17, 15) is 26.4 Å². The van der Waals surface area contributed by atoms with Gasteiger partial charge in [0.15, 0.2) is 0 Å². The Morgan fingerprint density at radius 2 is 1.49 bits per heavy atom. The molecule has 1 aliphatic rings. The maximum Gasteiger partial charge on any atom is 0.471 e. The zero-order valence-corrected chi connectivity index (χ0v) is 20.9. The molecule has 37 heavy (non-hydrogen) atoms. The maximum atomic E-state index is 13.1. The van der Waals surface area contributed by atoms with E-state index in [-0.39, 0.29) is 23.7 Å². The second-order valence-corrected chi connectivity index (χ2v) is 10.5. The molecule has 2 heterocycles. The fraction of sp³-hybridized carbons (Fsp3) is 0.292. The Morgan fingerprint density at radius 3 is 2.08 bits per heavy atom. The number of hydrogen-bond donors (Lipinski definition) is 2. The summed E-state index contributed by atoms with van der Waals surface area (Å²) >= 11 is 0. The van der Waals surface area contributed by atoms with Gasteiger partial charge in [0.1, 0.15) is 5.82 Å². The van der Waals surface area contributed by atoms with Gasteiger partial charge in [0, 0.05) is 49.3 Å². The molecule has 2 aromatic carbocycles. The van der Waals surface area contributed by atoms with Gasteiger partial charge in [-0.3, -0.25) is 4.79 Å². The number of piperazine rings is 1. The number of carbonyl (C=O) groups is 1. The monoisotopic (exact) mass is 534 g/mol. The van der Waals surface area contributed by atoms with Gasteiger partial charge in [-0.2, -0.15) is 22.5 Å². The van der Waals surface area contributed by atoms with E-state index in [0.29, 0.717) is 24.9 Å². The average Bonchev–Trinajstić information content (AvgIpc) is 2.85. The van der Waals surface area contributed by atoms with Gasteiger partial charge in [0.05, 0.1) is 4.90 Å². The van der Waals surface area contributed by atoms with Gasteiger partial charge in [-0.25, -0.2) is 13.4 Å². The molecular formula is C24H25F3N6O3S. The quantitative estimate of drug-likeness (QED) is 0.495. The van der Waals surface area contributed by atoms with Gasteiger partial charge < -0.3 is 15.5 Å². The molecule has 1 saturated heterocycles. The number of sulfonamides is 1. The lowest BCUT2D eigenvalue weighted by Crippen LogP contribution is -2.49. The third-order valence-electron chi connectivity index (χ3n) is 5.70. The number of halogens is 3. The van der Waals surface area contributed by atoms with Crippen molar-refractivity contribution in [2.45, 2.75) is 24.9 Å². The molecule has 0 spiro atoms. The molecule has 13 heteroatoms. The molecule has 1 fully saturated rings. The van der Waals surface area contributed by atoms with Crippen molar-refractivity contribution in [3.63, 3.8) is 0 Å². The van der Waals surface area contributed by atoms with Crippen molar-refractivity contribution in [3.05, 3.63) is 65.9 Å². The molecule has 0 aliphatic carbocycles. The van der Waals surface area contributed by atoms with Crippen LogP contribution < -0.4 is 15.5 Å². The van der Waals surface area contributed by atoms with Gasteiger partial charge in [-0.15, -0.1) is 0 Å². The SMILES string of the molecule is Cc1ccc(Nc2cc(C)nc(N3CCN(S(=O)(=O)c4ccc(NC(=O)C(F)(F)F)cc4)CC3)n2)cc1. The summed E-state index contributed by atoms with van der Waals surface area (Å²) in [6, 6.07) is 14.3. The van der Waals surface area contributed by atoms with Crippen molar-refractivity contribution in [1.82, 2.24) is 14.3 Å². The number of benzene rings is 2. The van der Waals surface area contributed by atoms with Crippen LogP contribution in [-0.2, 0) is 14.8 Å².